The van der Waals surface area contributed by atoms with Crippen LogP contribution >= 0.6 is 11.6 Å². The first-order valence-corrected chi connectivity index (χ1v) is 8.37. The Labute approximate surface area is 157 Å². The standard InChI is InChI=1S/C18H22ClN3O4/c1-24-6-4-5-21-13-7-12(10-20-11-13)18(23)22-15-9-16(25-2)14(19)8-17(15)26-3/h7-11,21H,4-6H2,1-3H3,(H,22,23). The first-order chi connectivity index (χ1) is 12.6. The molecule has 0 aliphatic heterocycles. The van der Waals surface area contributed by atoms with Crippen LogP contribution in [0.2, 0.25) is 5.02 Å². The van der Waals surface area contributed by atoms with Crippen molar-refractivity contribution in [3.8, 4) is 11.5 Å². The van der Waals surface area contributed by atoms with Gasteiger partial charge in [0.05, 0.1) is 36.2 Å². The molecule has 1 heterocycles. The second kappa shape index (κ2) is 9.84. The van der Waals surface area contributed by atoms with Crippen LogP contribution in [0.3, 0.4) is 0 Å². The summed E-state index contributed by atoms with van der Waals surface area (Å²) < 4.78 is 15.5. The molecule has 0 aliphatic carbocycles. The van der Waals surface area contributed by atoms with Crippen molar-refractivity contribution in [1.29, 1.82) is 0 Å². The van der Waals surface area contributed by atoms with Gasteiger partial charge in [0.25, 0.3) is 5.91 Å². The molecule has 8 heteroatoms. The van der Waals surface area contributed by atoms with Crippen LogP contribution in [0, 0.1) is 0 Å². The van der Waals surface area contributed by atoms with Gasteiger partial charge in [-0.25, -0.2) is 0 Å². The van der Waals surface area contributed by atoms with Crippen LogP contribution in [0.15, 0.2) is 30.6 Å². The highest BCUT2D eigenvalue weighted by atomic mass is 35.5. The highest BCUT2D eigenvalue weighted by Crippen LogP contribution is 2.36. The number of nitrogens with zero attached hydrogens (tertiary/aromatic N) is 1. The summed E-state index contributed by atoms with van der Waals surface area (Å²) in [6.07, 6.45) is 4.01. The molecule has 1 aromatic heterocycles. The molecule has 7 nitrogen and oxygen atoms in total. The van der Waals surface area contributed by atoms with E-state index >= 15 is 0 Å². The third kappa shape index (κ3) is 5.24. The molecule has 0 bridgehead atoms. The van der Waals surface area contributed by atoms with E-state index < -0.39 is 0 Å². The molecule has 140 valence electrons. The Morgan fingerprint density at radius 2 is 1.88 bits per heavy atom. The molecule has 0 aliphatic rings. The molecule has 2 aromatic rings. The Hall–Kier alpha value is -2.51. The molecule has 0 spiro atoms. The molecular formula is C18H22ClN3O4. The molecular weight excluding hydrogens is 358 g/mol. The third-order valence-electron chi connectivity index (χ3n) is 3.58. The van der Waals surface area contributed by atoms with Crippen LogP contribution in [0.1, 0.15) is 16.8 Å². The molecule has 2 rings (SSSR count). The summed E-state index contributed by atoms with van der Waals surface area (Å²) in [5, 5.41) is 6.39. The van der Waals surface area contributed by atoms with E-state index in [9.17, 15) is 4.79 Å². The fraction of sp³-hybridized carbons (Fsp3) is 0.333. The maximum atomic E-state index is 12.6. The summed E-state index contributed by atoms with van der Waals surface area (Å²) >= 11 is 6.08. The summed E-state index contributed by atoms with van der Waals surface area (Å²) in [6.45, 7) is 1.39. The van der Waals surface area contributed by atoms with Crippen molar-refractivity contribution in [1.82, 2.24) is 4.98 Å². The van der Waals surface area contributed by atoms with E-state index in [1.165, 1.54) is 20.4 Å². The monoisotopic (exact) mass is 379 g/mol. The molecule has 0 saturated heterocycles. The quantitative estimate of drug-likeness (QED) is 0.649. The number of rotatable bonds is 9. The molecule has 0 unspecified atom stereocenters. The van der Waals surface area contributed by atoms with E-state index in [1.54, 1.807) is 31.5 Å². The summed E-state index contributed by atoms with van der Waals surface area (Å²) in [4.78, 5) is 16.7. The van der Waals surface area contributed by atoms with Crippen LogP contribution < -0.4 is 20.1 Å². The van der Waals surface area contributed by atoms with E-state index in [0.29, 0.717) is 34.4 Å². The van der Waals surface area contributed by atoms with Crippen LogP contribution in [0.4, 0.5) is 11.4 Å². The van der Waals surface area contributed by atoms with Crippen molar-refractivity contribution in [2.45, 2.75) is 6.42 Å². The van der Waals surface area contributed by atoms with Crippen LogP contribution in [0.5, 0.6) is 11.5 Å². The fourth-order valence-electron chi connectivity index (χ4n) is 2.26. The van der Waals surface area contributed by atoms with E-state index in [-0.39, 0.29) is 5.91 Å². The topological polar surface area (TPSA) is 81.7 Å². The van der Waals surface area contributed by atoms with Crippen LogP contribution in [-0.4, -0.2) is 45.4 Å². The zero-order chi connectivity index (χ0) is 18.9. The van der Waals surface area contributed by atoms with E-state index in [4.69, 9.17) is 25.8 Å². The third-order valence-corrected chi connectivity index (χ3v) is 3.87. The highest BCUT2D eigenvalue weighted by Gasteiger charge is 2.14. The molecule has 1 amide bonds. The van der Waals surface area contributed by atoms with Gasteiger partial charge in [-0.15, -0.1) is 0 Å². The van der Waals surface area contributed by atoms with Crippen LogP contribution in [-0.2, 0) is 4.74 Å². The minimum atomic E-state index is -0.319. The van der Waals surface area contributed by atoms with Gasteiger partial charge < -0.3 is 24.8 Å². The smallest absolute Gasteiger partial charge is 0.257 e. The maximum absolute atomic E-state index is 12.6. The lowest BCUT2D eigenvalue weighted by Crippen LogP contribution is -2.14. The number of carbonyl (C=O) groups is 1. The van der Waals surface area contributed by atoms with Gasteiger partial charge in [0, 0.05) is 44.8 Å². The number of anilines is 2. The largest absolute Gasteiger partial charge is 0.495 e. The molecule has 1 aromatic carbocycles. The first kappa shape index (κ1) is 19.8. The fourth-order valence-corrected chi connectivity index (χ4v) is 2.49. The number of hydrogen-bond donors (Lipinski definition) is 2. The second-order valence-electron chi connectivity index (χ2n) is 5.38. The molecule has 0 radical (unpaired) electrons. The van der Waals surface area contributed by atoms with Gasteiger partial charge in [0.1, 0.15) is 11.5 Å². The number of methoxy groups -OCH3 is 3. The Morgan fingerprint density at radius 3 is 2.58 bits per heavy atom. The van der Waals surface area contributed by atoms with E-state index in [2.05, 4.69) is 15.6 Å². The van der Waals surface area contributed by atoms with Gasteiger partial charge in [-0.05, 0) is 12.5 Å². The zero-order valence-corrected chi connectivity index (χ0v) is 15.7. The summed E-state index contributed by atoms with van der Waals surface area (Å²) in [5.41, 5.74) is 1.63. The number of aromatic nitrogens is 1. The Morgan fingerprint density at radius 1 is 1.12 bits per heavy atom. The minimum absolute atomic E-state index is 0.319. The Kier molecular flexibility index (Phi) is 7.50. The average Bonchev–Trinajstić information content (AvgIpc) is 2.66. The maximum Gasteiger partial charge on any atom is 0.257 e. The van der Waals surface area contributed by atoms with Gasteiger partial charge in [-0.1, -0.05) is 11.6 Å². The van der Waals surface area contributed by atoms with Gasteiger partial charge in [-0.2, -0.15) is 0 Å². The zero-order valence-electron chi connectivity index (χ0n) is 15.0. The summed E-state index contributed by atoms with van der Waals surface area (Å²) in [5.74, 6) is 0.557. The summed E-state index contributed by atoms with van der Waals surface area (Å²) in [7, 11) is 4.66. The number of halogens is 1. The van der Waals surface area contributed by atoms with E-state index in [0.717, 1.165) is 18.7 Å². The lowest BCUT2D eigenvalue weighted by atomic mass is 10.2. The number of ether oxygens (including phenoxy) is 3. The van der Waals surface area contributed by atoms with Gasteiger partial charge in [0.15, 0.2) is 0 Å². The number of hydrogen-bond acceptors (Lipinski definition) is 6. The molecule has 0 atom stereocenters. The summed E-state index contributed by atoms with van der Waals surface area (Å²) in [6, 6.07) is 4.93. The normalized spacial score (nSPS) is 10.3. The predicted molar refractivity (Wildman–Crippen MR) is 102 cm³/mol. The average molecular weight is 380 g/mol. The molecule has 0 saturated carbocycles. The van der Waals surface area contributed by atoms with Gasteiger partial charge in [-0.3, -0.25) is 9.78 Å². The first-order valence-electron chi connectivity index (χ1n) is 7.99. The number of amides is 1. The number of benzene rings is 1. The lowest BCUT2D eigenvalue weighted by Gasteiger charge is -2.13. The predicted octanol–water partition coefficient (Wildman–Crippen LogP) is 3.45. The van der Waals surface area contributed by atoms with Crippen molar-refractivity contribution in [3.05, 3.63) is 41.2 Å². The van der Waals surface area contributed by atoms with Crippen molar-refractivity contribution in [2.75, 3.05) is 45.1 Å². The van der Waals surface area contributed by atoms with Crippen molar-refractivity contribution < 1.29 is 19.0 Å². The Balaban J connectivity index is 2.12. The number of carbonyl (C=O) groups excluding carboxylic acids is 1. The van der Waals surface area contributed by atoms with E-state index in [1.807, 2.05) is 0 Å². The van der Waals surface area contributed by atoms with Gasteiger partial charge in [0.2, 0.25) is 0 Å². The van der Waals surface area contributed by atoms with Crippen molar-refractivity contribution in [3.63, 3.8) is 0 Å². The Bertz CT molecular complexity index is 755. The highest BCUT2D eigenvalue weighted by molar-refractivity contribution is 6.32. The number of nitrogens with one attached hydrogen (secondary N) is 2. The SMILES string of the molecule is COCCCNc1cncc(C(=O)Nc2cc(OC)c(Cl)cc2OC)c1. The molecule has 26 heavy (non-hydrogen) atoms. The molecule has 2 N–H and O–H groups in total. The lowest BCUT2D eigenvalue weighted by molar-refractivity contribution is 0.102. The van der Waals surface area contributed by atoms with Crippen molar-refractivity contribution in [2.24, 2.45) is 0 Å². The number of pyridine rings is 1. The van der Waals surface area contributed by atoms with Crippen LogP contribution in [0.25, 0.3) is 0 Å². The minimum Gasteiger partial charge on any atom is -0.495 e. The van der Waals surface area contributed by atoms with Gasteiger partial charge >= 0.3 is 0 Å². The second-order valence-corrected chi connectivity index (χ2v) is 5.78. The van der Waals surface area contributed by atoms with Crippen molar-refractivity contribution >= 4 is 28.9 Å². The molecule has 0 fully saturated rings.